The largest absolute Gasteiger partial charge is 0.341 e. The van der Waals surface area contributed by atoms with Crippen molar-refractivity contribution < 1.29 is 0 Å². The maximum absolute atomic E-state index is 2.52. The molecule has 0 saturated heterocycles. The summed E-state index contributed by atoms with van der Waals surface area (Å²) in [5, 5.41) is 5.56. The van der Waals surface area contributed by atoms with E-state index in [4.69, 9.17) is 0 Å². The molecule has 0 bridgehead atoms. The topological polar surface area (TPSA) is 9.86 Å². The lowest BCUT2D eigenvalue weighted by atomic mass is 10.0. The molecule has 0 aliphatic heterocycles. The molecule has 36 heavy (non-hydrogen) atoms. The van der Waals surface area contributed by atoms with Crippen LogP contribution in [0.2, 0.25) is 0 Å². The summed E-state index contributed by atoms with van der Waals surface area (Å²) in [5.41, 5.74) is 10.9. The monoisotopic (exact) mass is 472 g/mol. The highest BCUT2D eigenvalue weighted by atomic mass is 15.0. The van der Waals surface area contributed by atoms with Gasteiger partial charge in [-0.15, -0.1) is 0 Å². The van der Waals surface area contributed by atoms with Gasteiger partial charge in [0.15, 0.2) is 0 Å². The lowest BCUT2D eigenvalue weighted by Gasteiger charge is -2.08. The van der Waals surface area contributed by atoms with E-state index in [1.807, 2.05) is 0 Å². The Balaban J connectivity index is 1.36. The minimum atomic E-state index is 0.994. The molecule has 2 aromatic heterocycles. The average Bonchev–Trinajstić information content (AvgIpc) is 3.36. The van der Waals surface area contributed by atoms with Gasteiger partial charge in [-0.1, -0.05) is 48.7 Å². The Labute approximate surface area is 214 Å². The van der Waals surface area contributed by atoms with Crippen LogP contribution in [0.5, 0.6) is 0 Å². The van der Waals surface area contributed by atoms with Gasteiger partial charge in [0.1, 0.15) is 0 Å². The van der Waals surface area contributed by atoms with Crippen LogP contribution in [0, 0.1) is 13.8 Å². The van der Waals surface area contributed by atoms with Gasteiger partial charge in [0.25, 0.3) is 0 Å². The molecule has 182 valence electrons. The highest BCUT2D eigenvalue weighted by Gasteiger charge is 2.13. The summed E-state index contributed by atoms with van der Waals surface area (Å²) in [6.45, 7) is 11.0. The van der Waals surface area contributed by atoms with Crippen LogP contribution in [0.25, 0.3) is 43.6 Å². The van der Waals surface area contributed by atoms with E-state index in [0.717, 1.165) is 25.9 Å². The van der Waals surface area contributed by atoms with Gasteiger partial charge >= 0.3 is 0 Å². The Morgan fingerprint density at radius 1 is 0.528 bits per heavy atom. The number of benzene rings is 4. The van der Waals surface area contributed by atoms with Crippen molar-refractivity contribution in [1.82, 2.24) is 9.13 Å². The molecule has 0 N–H and O–H groups in total. The van der Waals surface area contributed by atoms with Crippen LogP contribution in [-0.4, -0.2) is 9.13 Å². The van der Waals surface area contributed by atoms with E-state index in [0.29, 0.717) is 0 Å². The SMILES string of the molecule is CCCCn1c2ccc(C)cc2c2cc(CCc3ccc4c(c3)c3cc(C)ccc3n4CC)ccc21. The molecular weight excluding hydrogens is 436 g/mol. The van der Waals surface area contributed by atoms with E-state index < -0.39 is 0 Å². The van der Waals surface area contributed by atoms with Crippen molar-refractivity contribution >= 4 is 43.6 Å². The van der Waals surface area contributed by atoms with E-state index in [-0.39, 0.29) is 0 Å². The summed E-state index contributed by atoms with van der Waals surface area (Å²) in [4.78, 5) is 0. The summed E-state index contributed by atoms with van der Waals surface area (Å²) < 4.78 is 4.97. The van der Waals surface area contributed by atoms with Gasteiger partial charge < -0.3 is 9.13 Å². The molecule has 2 heterocycles. The van der Waals surface area contributed by atoms with E-state index in [1.54, 1.807) is 0 Å². The van der Waals surface area contributed by atoms with E-state index in [9.17, 15) is 0 Å². The Bertz CT molecular complexity index is 1730. The molecule has 0 unspecified atom stereocenters. The molecule has 0 aliphatic carbocycles. The Morgan fingerprint density at radius 2 is 0.972 bits per heavy atom. The zero-order valence-electron chi connectivity index (χ0n) is 22.1. The molecule has 6 rings (SSSR count). The van der Waals surface area contributed by atoms with Gasteiger partial charge in [-0.2, -0.15) is 0 Å². The Kier molecular flexibility index (Phi) is 5.84. The first-order valence-electron chi connectivity index (χ1n) is 13.6. The van der Waals surface area contributed by atoms with Gasteiger partial charge in [0.05, 0.1) is 0 Å². The number of hydrogen-bond acceptors (Lipinski definition) is 0. The lowest BCUT2D eigenvalue weighted by Crippen LogP contribution is -1.97. The van der Waals surface area contributed by atoms with Crippen molar-refractivity contribution in [3.8, 4) is 0 Å². The third-order valence-corrected chi connectivity index (χ3v) is 7.92. The van der Waals surface area contributed by atoms with Gasteiger partial charge in [-0.05, 0) is 99.7 Å². The van der Waals surface area contributed by atoms with Gasteiger partial charge in [-0.3, -0.25) is 0 Å². The fourth-order valence-corrected chi connectivity index (χ4v) is 6.03. The van der Waals surface area contributed by atoms with Crippen molar-refractivity contribution in [3.63, 3.8) is 0 Å². The van der Waals surface area contributed by atoms with Crippen molar-refractivity contribution in [2.24, 2.45) is 0 Å². The summed E-state index contributed by atoms with van der Waals surface area (Å²) in [5.74, 6) is 0. The second-order valence-electron chi connectivity index (χ2n) is 10.5. The number of aryl methyl sites for hydroxylation is 6. The summed E-state index contributed by atoms with van der Waals surface area (Å²) in [6, 6.07) is 28.0. The molecule has 6 aromatic rings. The molecule has 2 heteroatoms. The summed E-state index contributed by atoms with van der Waals surface area (Å²) in [6.07, 6.45) is 4.54. The molecule has 0 saturated carbocycles. The predicted molar refractivity (Wildman–Crippen MR) is 156 cm³/mol. The van der Waals surface area contributed by atoms with Crippen LogP contribution >= 0.6 is 0 Å². The molecule has 0 fully saturated rings. The second kappa shape index (κ2) is 9.17. The van der Waals surface area contributed by atoms with Crippen molar-refractivity contribution in [3.05, 3.63) is 95.1 Å². The molecule has 0 radical (unpaired) electrons. The zero-order chi connectivity index (χ0) is 24.8. The fraction of sp³-hybridized carbons (Fsp3) is 0.294. The van der Waals surface area contributed by atoms with E-state index >= 15 is 0 Å². The predicted octanol–water partition coefficient (Wildman–Crippen LogP) is 9.12. The van der Waals surface area contributed by atoms with Crippen LogP contribution in [0.4, 0.5) is 0 Å². The lowest BCUT2D eigenvalue weighted by molar-refractivity contribution is 0.665. The van der Waals surface area contributed by atoms with Crippen LogP contribution in [0.3, 0.4) is 0 Å². The van der Waals surface area contributed by atoms with E-state index in [2.05, 4.69) is 110 Å². The molecule has 4 aromatic carbocycles. The van der Waals surface area contributed by atoms with E-state index in [1.165, 1.54) is 78.7 Å². The fourth-order valence-electron chi connectivity index (χ4n) is 6.03. The highest BCUT2D eigenvalue weighted by Crippen LogP contribution is 2.33. The van der Waals surface area contributed by atoms with Crippen LogP contribution in [0.1, 0.15) is 48.9 Å². The smallest absolute Gasteiger partial charge is 0.0491 e. The summed E-state index contributed by atoms with van der Waals surface area (Å²) in [7, 11) is 0. The number of fused-ring (bicyclic) bond motifs is 6. The van der Waals surface area contributed by atoms with Crippen LogP contribution in [-0.2, 0) is 25.9 Å². The van der Waals surface area contributed by atoms with Crippen LogP contribution < -0.4 is 0 Å². The normalized spacial score (nSPS) is 12.0. The first-order valence-corrected chi connectivity index (χ1v) is 13.6. The molecule has 0 atom stereocenters. The Hall–Kier alpha value is -3.52. The quantitative estimate of drug-likeness (QED) is 0.219. The maximum atomic E-state index is 2.52. The van der Waals surface area contributed by atoms with Crippen molar-refractivity contribution in [2.45, 2.75) is 66.5 Å². The number of unbranched alkanes of at least 4 members (excludes halogenated alkanes) is 1. The van der Waals surface area contributed by atoms with Gasteiger partial charge in [0.2, 0.25) is 0 Å². The highest BCUT2D eigenvalue weighted by molar-refractivity contribution is 6.09. The third kappa shape index (κ3) is 3.80. The minimum absolute atomic E-state index is 0.994. The Morgan fingerprint density at radius 3 is 1.44 bits per heavy atom. The standard InChI is InChI=1S/C34H36N2/c1-5-7-18-36-33-15-9-24(4)20-28(33)30-22-26(13-17-34(30)36)11-10-25-12-16-32-29(21-25)27-19-23(3)8-14-31(27)35(32)6-2/h8-9,12-17,19-22H,5-7,10-11,18H2,1-4H3. The molecule has 0 aliphatic rings. The number of aromatic nitrogens is 2. The van der Waals surface area contributed by atoms with Crippen LogP contribution in [0.15, 0.2) is 72.8 Å². The molecule has 2 nitrogen and oxygen atoms in total. The van der Waals surface area contributed by atoms with Gasteiger partial charge in [-0.25, -0.2) is 0 Å². The number of nitrogens with zero attached hydrogens (tertiary/aromatic N) is 2. The van der Waals surface area contributed by atoms with Crippen molar-refractivity contribution in [1.29, 1.82) is 0 Å². The molecule has 0 spiro atoms. The second-order valence-corrected chi connectivity index (χ2v) is 10.5. The van der Waals surface area contributed by atoms with Crippen molar-refractivity contribution in [2.75, 3.05) is 0 Å². The zero-order valence-corrected chi connectivity index (χ0v) is 22.1. The first kappa shape index (κ1) is 22.9. The van der Waals surface area contributed by atoms with Gasteiger partial charge in [0, 0.05) is 56.7 Å². The average molecular weight is 473 g/mol. The first-order chi connectivity index (χ1) is 17.6. The molecular formula is C34H36N2. The number of hydrogen-bond donors (Lipinski definition) is 0. The molecule has 0 amide bonds. The minimum Gasteiger partial charge on any atom is -0.341 e. The third-order valence-electron chi connectivity index (χ3n) is 7.92. The summed E-state index contributed by atoms with van der Waals surface area (Å²) >= 11 is 0. The number of rotatable bonds is 7. The maximum Gasteiger partial charge on any atom is 0.0491 e.